The van der Waals surface area contributed by atoms with E-state index in [-0.39, 0.29) is 6.10 Å². The normalized spacial score (nSPS) is 25.0. The molecule has 0 aromatic rings. The molecule has 1 aliphatic rings. The molecular weight excluding hydrogens is 224 g/mol. The lowest BCUT2D eigenvalue weighted by molar-refractivity contribution is 0.0206. The van der Waals surface area contributed by atoms with E-state index in [4.69, 9.17) is 0 Å². The third kappa shape index (κ3) is 4.87. The number of likely N-dealkylation sites (N-methyl/N-ethyl adjacent to an activating group) is 1. The number of rotatable bonds is 8. The molecule has 1 saturated carbocycles. The molecule has 1 rings (SSSR count). The molecule has 0 aliphatic heterocycles. The van der Waals surface area contributed by atoms with E-state index in [9.17, 15) is 5.11 Å². The first kappa shape index (κ1) is 15.9. The Kier molecular flexibility index (Phi) is 7.87. The molecule has 0 amide bonds. The minimum Gasteiger partial charge on any atom is -0.391 e. The Morgan fingerprint density at radius 1 is 0.944 bits per heavy atom. The molecule has 3 heteroatoms. The van der Waals surface area contributed by atoms with Gasteiger partial charge in [-0.2, -0.15) is 0 Å². The van der Waals surface area contributed by atoms with Crippen molar-refractivity contribution < 1.29 is 5.11 Å². The molecule has 0 aromatic heterocycles. The molecule has 2 atom stereocenters. The van der Waals surface area contributed by atoms with Crippen LogP contribution in [0.5, 0.6) is 0 Å². The van der Waals surface area contributed by atoms with Crippen molar-refractivity contribution in [3.05, 3.63) is 0 Å². The summed E-state index contributed by atoms with van der Waals surface area (Å²) in [6.45, 7) is 12.4. The minimum atomic E-state index is -0.0906. The van der Waals surface area contributed by atoms with Crippen LogP contribution in [0.2, 0.25) is 0 Å². The van der Waals surface area contributed by atoms with Gasteiger partial charge < -0.3 is 10.0 Å². The molecule has 1 fully saturated rings. The van der Waals surface area contributed by atoms with Gasteiger partial charge in [-0.05, 0) is 52.0 Å². The first-order chi connectivity index (χ1) is 8.72. The molecular formula is C15H32N2O. The highest BCUT2D eigenvalue weighted by Gasteiger charge is 2.27. The van der Waals surface area contributed by atoms with E-state index in [1.54, 1.807) is 0 Å². The lowest BCUT2D eigenvalue weighted by atomic mass is 9.91. The predicted octanol–water partition coefficient (Wildman–Crippen LogP) is 2.34. The average molecular weight is 256 g/mol. The number of hydrogen-bond acceptors (Lipinski definition) is 3. The summed E-state index contributed by atoms with van der Waals surface area (Å²) < 4.78 is 0. The van der Waals surface area contributed by atoms with Gasteiger partial charge in [-0.15, -0.1) is 0 Å². The van der Waals surface area contributed by atoms with Crippen LogP contribution in [0.25, 0.3) is 0 Å². The Bertz CT molecular complexity index is 207. The number of aliphatic hydroxyl groups is 1. The van der Waals surface area contributed by atoms with E-state index in [0.717, 1.165) is 32.6 Å². The van der Waals surface area contributed by atoms with E-state index < -0.39 is 0 Å². The molecule has 0 aromatic carbocycles. The maximum Gasteiger partial charge on any atom is 0.0695 e. The van der Waals surface area contributed by atoms with Crippen molar-refractivity contribution >= 4 is 0 Å². The lowest BCUT2D eigenvalue weighted by Crippen LogP contribution is -2.46. The van der Waals surface area contributed by atoms with Crippen molar-refractivity contribution in [3.63, 3.8) is 0 Å². The minimum absolute atomic E-state index is 0.0906. The van der Waals surface area contributed by atoms with Crippen LogP contribution in [0.1, 0.15) is 52.9 Å². The third-order valence-corrected chi connectivity index (χ3v) is 4.38. The summed E-state index contributed by atoms with van der Waals surface area (Å²) in [4.78, 5) is 4.97. The van der Waals surface area contributed by atoms with E-state index in [1.807, 2.05) is 0 Å². The Balaban J connectivity index is 2.32. The van der Waals surface area contributed by atoms with Gasteiger partial charge in [-0.1, -0.05) is 33.6 Å². The van der Waals surface area contributed by atoms with Crippen LogP contribution in [-0.2, 0) is 0 Å². The Morgan fingerprint density at radius 3 is 2.17 bits per heavy atom. The first-order valence-corrected chi connectivity index (χ1v) is 7.87. The van der Waals surface area contributed by atoms with Crippen molar-refractivity contribution in [2.75, 3.05) is 32.7 Å². The third-order valence-electron chi connectivity index (χ3n) is 4.38. The Labute approximate surface area is 113 Å². The van der Waals surface area contributed by atoms with Crippen LogP contribution in [0.3, 0.4) is 0 Å². The standard InChI is InChI=1S/C15H32N2O/c1-4-16(5-2)12-9-13-17(6-3)14-10-7-8-11-15(14)18/h14-15,18H,4-13H2,1-3H3/t14-,15-/m0/s1. The smallest absolute Gasteiger partial charge is 0.0695 e. The fraction of sp³-hybridized carbons (Fsp3) is 1.00. The van der Waals surface area contributed by atoms with Gasteiger partial charge >= 0.3 is 0 Å². The first-order valence-electron chi connectivity index (χ1n) is 7.87. The topological polar surface area (TPSA) is 26.7 Å². The molecule has 0 saturated heterocycles. The number of nitrogens with zero attached hydrogens (tertiary/aromatic N) is 2. The second-order valence-corrected chi connectivity index (χ2v) is 5.43. The van der Waals surface area contributed by atoms with Crippen molar-refractivity contribution in [1.82, 2.24) is 9.80 Å². The van der Waals surface area contributed by atoms with E-state index >= 15 is 0 Å². The molecule has 3 nitrogen and oxygen atoms in total. The van der Waals surface area contributed by atoms with Crippen molar-refractivity contribution in [3.8, 4) is 0 Å². The van der Waals surface area contributed by atoms with Gasteiger partial charge in [0.25, 0.3) is 0 Å². The monoisotopic (exact) mass is 256 g/mol. The average Bonchev–Trinajstić information content (AvgIpc) is 2.40. The van der Waals surface area contributed by atoms with E-state index in [2.05, 4.69) is 30.6 Å². The summed E-state index contributed by atoms with van der Waals surface area (Å²) in [7, 11) is 0. The van der Waals surface area contributed by atoms with Gasteiger partial charge in [0.05, 0.1) is 6.10 Å². The van der Waals surface area contributed by atoms with Crippen molar-refractivity contribution in [2.24, 2.45) is 0 Å². The summed E-state index contributed by atoms with van der Waals surface area (Å²) in [5, 5.41) is 10.1. The summed E-state index contributed by atoms with van der Waals surface area (Å²) in [5.74, 6) is 0. The van der Waals surface area contributed by atoms with Gasteiger partial charge in [0.2, 0.25) is 0 Å². The Morgan fingerprint density at radius 2 is 1.61 bits per heavy atom. The molecule has 0 spiro atoms. The quantitative estimate of drug-likeness (QED) is 0.722. The van der Waals surface area contributed by atoms with Gasteiger partial charge in [0.15, 0.2) is 0 Å². The predicted molar refractivity (Wildman–Crippen MR) is 77.9 cm³/mol. The molecule has 0 unspecified atom stereocenters. The zero-order valence-corrected chi connectivity index (χ0v) is 12.6. The van der Waals surface area contributed by atoms with Gasteiger partial charge in [0, 0.05) is 6.04 Å². The zero-order valence-electron chi connectivity index (χ0n) is 12.6. The highest BCUT2D eigenvalue weighted by atomic mass is 16.3. The molecule has 0 bridgehead atoms. The maximum atomic E-state index is 10.1. The van der Waals surface area contributed by atoms with Crippen LogP contribution in [0.15, 0.2) is 0 Å². The summed E-state index contributed by atoms with van der Waals surface area (Å²) in [5.41, 5.74) is 0. The summed E-state index contributed by atoms with van der Waals surface area (Å²) in [6, 6.07) is 0.417. The van der Waals surface area contributed by atoms with Crippen LogP contribution < -0.4 is 0 Å². The van der Waals surface area contributed by atoms with E-state index in [0.29, 0.717) is 6.04 Å². The van der Waals surface area contributed by atoms with Crippen LogP contribution in [0, 0.1) is 0 Å². The molecule has 108 valence electrons. The highest BCUT2D eigenvalue weighted by Crippen LogP contribution is 2.23. The largest absolute Gasteiger partial charge is 0.391 e. The van der Waals surface area contributed by atoms with Gasteiger partial charge in [0.1, 0.15) is 0 Å². The number of aliphatic hydroxyl groups excluding tert-OH is 1. The summed E-state index contributed by atoms with van der Waals surface area (Å²) in [6.07, 6.45) is 5.80. The molecule has 0 heterocycles. The van der Waals surface area contributed by atoms with Crippen LogP contribution in [-0.4, -0.2) is 59.8 Å². The van der Waals surface area contributed by atoms with Crippen LogP contribution in [0.4, 0.5) is 0 Å². The van der Waals surface area contributed by atoms with Crippen LogP contribution >= 0.6 is 0 Å². The molecule has 0 radical (unpaired) electrons. The SMILES string of the molecule is CCN(CC)CCCN(CC)[C@H]1CCCC[C@@H]1O. The molecule has 18 heavy (non-hydrogen) atoms. The van der Waals surface area contributed by atoms with Gasteiger partial charge in [-0.25, -0.2) is 0 Å². The van der Waals surface area contributed by atoms with Crippen molar-refractivity contribution in [1.29, 1.82) is 0 Å². The van der Waals surface area contributed by atoms with Crippen molar-refractivity contribution in [2.45, 2.75) is 65.0 Å². The zero-order chi connectivity index (χ0) is 13.4. The second kappa shape index (κ2) is 8.89. The highest BCUT2D eigenvalue weighted by molar-refractivity contribution is 4.82. The number of hydrogen-bond donors (Lipinski definition) is 1. The summed E-state index contributed by atoms with van der Waals surface area (Å²) >= 11 is 0. The fourth-order valence-corrected chi connectivity index (χ4v) is 3.11. The fourth-order valence-electron chi connectivity index (χ4n) is 3.11. The maximum absolute atomic E-state index is 10.1. The molecule has 1 N–H and O–H groups in total. The van der Waals surface area contributed by atoms with Gasteiger partial charge in [-0.3, -0.25) is 4.90 Å². The van der Waals surface area contributed by atoms with E-state index in [1.165, 1.54) is 32.2 Å². The Hall–Kier alpha value is -0.120. The lowest BCUT2D eigenvalue weighted by Gasteiger charge is -2.37. The molecule has 1 aliphatic carbocycles. The second-order valence-electron chi connectivity index (χ2n) is 5.43.